The number of hydrogen-bond acceptors (Lipinski definition) is 8. The Morgan fingerprint density at radius 2 is 1.29 bits per heavy atom. The minimum atomic E-state index is -0.667. The summed E-state index contributed by atoms with van der Waals surface area (Å²) in [5.41, 5.74) is 8.23. The summed E-state index contributed by atoms with van der Waals surface area (Å²) in [4.78, 5) is 70.8. The summed E-state index contributed by atoms with van der Waals surface area (Å²) >= 11 is 0. The lowest BCUT2D eigenvalue weighted by atomic mass is 10.2. The molecule has 4 amide bonds. The molecular weight excluding hydrogens is 683 g/mol. The number of nitrogens with two attached hydrogens (primary N) is 1. The number of amidine groups is 1. The number of nitrogens with zero attached hydrogens (tertiary/aromatic N) is 1. The zero-order valence-electron chi connectivity index (χ0n) is 26.2. The van der Waals surface area contributed by atoms with Crippen LogP contribution in [-0.4, -0.2) is 55.9 Å². The van der Waals surface area contributed by atoms with E-state index in [1.165, 1.54) is 42.9 Å². The number of fused-ring (bicyclic) bond motifs is 1. The predicted octanol–water partition coefficient (Wildman–Crippen LogP) is 4.91. The fourth-order valence-corrected chi connectivity index (χ4v) is 4.85. The van der Waals surface area contributed by atoms with Crippen LogP contribution in [0.15, 0.2) is 47.3 Å². The molecule has 5 aromatic rings. The number of H-pyrrole nitrogens is 3. The number of hydrogen-bond donors (Lipinski definition) is 9. The smallest absolute Gasteiger partial charge is 0.291 e. The molecule has 0 aliphatic rings. The van der Waals surface area contributed by atoms with Crippen molar-refractivity contribution in [1.29, 1.82) is 5.41 Å². The monoisotopic (exact) mass is 714 g/mol. The summed E-state index contributed by atoms with van der Waals surface area (Å²) < 4.78 is 5.51. The van der Waals surface area contributed by atoms with Crippen molar-refractivity contribution in [3.05, 3.63) is 92.5 Å². The molecule has 49 heavy (non-hydrogen) atoms. The van der Waals surface area contributed by atoms with Crippen LogP contribution in [0, 0.1) is 36.3 Å². The molecule has 0 aliphatic carbocycles. The van der Waals surface area contributed by atoms with Gasteiger partial charge in [0.05, 0.1) is 33.2 Å². The van der Waals surface area contributed by atoms with E-state index in [-0.39, 0.29) is 88.8 Å². The highest BCUT2D eigenvalue weighted by atomic mass is 35.5. The Morgan fingerprint density at radius 3 is 1.76 bits per heavy atom. The number of nitrogens with one attached hydrogen (secondary N) is 8. The van der Waals surface area contributed by atoms with E-state index < -0.39 is 28.6 Å². The Hall–Kier alpha value is -6.07. The van der Waals surface area contributed by atoms with E-state index >= 15 is 0 Å². The Kier molecular flexibility index (Phi) is 11.6. The maximum absolute atomic E-state index is 13.2. The van der Waals surface area contributed by atoms with Gasteiger partial charge in [0.2, 0.25) is 0 Å². The van der Waals surface area contributed by atoms with E-state index in [0.29, 0.717) is 28.1 Å². The number of nitro groups is 1. The number of non-ortho nitro benzene ring substituents is 1. The van der Waals surface area contributed by atoms with E-state index in [0.717, 1.165) is 0 Å². The van der Waals surface area contributed by atoms with E-state index in [1.807, 2.05) is 0 Å². The number of benzene rings is 1. The molecule has 0 aliphatic heterocycles. The van der Waals surface area contributed by atoms with Crippen LogP contribution in [0.4, 0.5) is 22.7 Å². The Bertz CT molecular complexity index is 2090. The van der Waals surface area contributed by atoms with Gasteiger partial charge in [0.25, 0.3) is 29.3 Å². The summed E-state index contributed by atoms with van der Waals surface area (Å²) in [5.74, 6) is -2.32. The molecule has 0 atom stereocenters. The zero-order valence-corrected chi connectivity index (χ0v) is 27.8. The van der Waals surface area contributed by atoms with Gasteiger partial charge in [0.15, 0.2) is 5.76 Å². The van der Waals surface area contributed by atoms with Crippen molar-refractivity contribution in [2.75, 3.05) is 22.5 Å². The molecule has 4 heterocycles. The van der Waals surface area contributed by atoms with Crippen LogP contribution in [0.2, 0.25) is 0 Å². The van der Waals surface area contributed by atoms with Gasteiger partial charge < -0.3 is 46.4 Å². The first-order chi connectivity index (χ1) is 22.3. The molecule has 0 unspecified atom stereocenters. The maximum Gasteiger partial charge on any atom is 0.291 e. The van der Waals surface area contributed by atoms with Gasteiger partial charge in [-0.05, 0) is 26.8 Å². The molecule has 5 rings (SSSR count). The van der Waals surface area contributed by atoms with Crippen molar-refractivity contribution >= 4 is 88.0 Å². The van der Waals surface area contributed by atoms with Crippen molar-refractivity contribution in [1.82, 2.24) is 20.3 Å². The summed E-state index contributed by atoms with van der Waals surface area (Å²) in [5, 5.41) is 29.5. The van der Waals surface area contributed by atoms with Crippen LogP contribution in [0.25, 0.3) is 11.0 Å². The first-order valence-corrected chi connectivity index (χ1v) is 14.1. The third kappa shape index (κ3) is 7.74. The minimum absolute atomic E-state index is 0. The number of amides is 4. The van der Waals surface area contributed by atoms with Crippen molar-refractivity contribution in [2.45, 2.75) is 27.2 Å². The maximum atomic E-state index is 13.2. The Morgan fingerprint density at radius 1 is 0.816 bits per heavy atom. The van der Waals surface area contributed by atoms with Gasteiger partial charge in [-0.3, -0.25) is 34.7 Å². The summed E-state index contributed by atoms with van der Waals surface area (Å²) in [6.07, 6.45) is 4.58. The molecule has 0 saturated carbocycles. The van der Waals surface area contributed by atoms with Gasteiger partial charge in [0.1, 0.15) is 22.7 Å². The second-order valence-electron chi connectivity index (χ2n) is 10.6. The SMILES string of the molecule is Cc1c(NC(=O)c2cc3c([N+](=O)[O-])cccc3o2)c[nH]c1C(=O)Nc1c[nH]c(C(=O)Nc2c[nH]c(C(=O)NCCC(=N)N)c2C)c1C.Cl.Cl. The number of furan rings is 1. The second-order valence-corrected chi connectivity index (χ2v) is 10.6. The number of rotatable bonds is 11. The molecule has 10 N–H and O–H groups in total. The first kappa shape index (κ1) is 37.4. The third-order valence-electron chi connectivity index (χ3n) is 7.48. The second kappa shape index (κ2) is 15.2. The normalized spacial score (nSPS) is 10.4. The minimum Gasteiger partial charge on any atom is -0.451 e. The number of aromatic amines is 3. The number of carbonyl (C=O) groups is 4. The van der Waals surface area contributed by atoms with Crippen LogP contribution >= 0.6 is 24.8 Å². The van der Waals surface area contributed by atoms with Crippen LogP contribution in [0.3, 0.4) is 0 Å². The Labute approximate surface area is 289 Å². The molecule has 17 nitrogen and oxygen atoms in total. The quantitative estimate of drug-likeness (QED) is 0.0391. The van der Waals surface area contributed by atoms with Crippen molar-refractivity contribution in [3.8, 4) is 0 Å². The fraction of sp³-hybridized carbons (Fsp3) is 0.167. The van der Waals surface area contributed by atoms with Crippen molar-refractivity contribution < 1.29 is 28.5 Å². The predicted molar refractivity (Wildman–Crippen MR) is 187 cm³/mol. The highest BCUT2D eigenvalue weighted by Gasteiger charge is 2.23. The van der Waals surface area contributed by atoms with Crippen LogP contribution in [0.1, 0.15) is 65.1 Å². The molecule has 1 aromatic carbocycles. The molecule has 4 aromatic heterocycles. The molecule has 0 saturated heterocycles. The van der Waals surface area contributed by atoms with Gasteiger partial charge in [0, 0.05) is 60.4 Å². The molecule has 258 valence electrons. The zero-order chi connectivity index (χ0) is 34.0. The number of nitro benzene ring substituents is 1. The lowest BCUT2D eigenvalue weighted by Gasteiger charge is -2.07. The largest absolute Gasteiger partial charge is 0.451 e. The van der Waals surface area contributed by atoms with Crippen molar-refractivity contribution in [2.24, 2.45) is 5.73 Å². The summed E-state index contributed by atoms with van der Waals surface area (Å²) in [7, 11) is 0. The molecular formula is C30H32Cl2N10O7. The number of carbonyl (C=O) groups excluding carboxylic acids is 4. The third-order valence-corrected chi connectivity index (χ3v) is 7.48. The van der Waals surface area contributed by atoms with E-state index in [9.17, 15) is 29.3 Å². The van der Waals surface area contributed by atoms with Gasteiger partial charge in [-0.1, -0.05) is 6.07 Å². The van der Waals surface area contributed by atoms with Crippen LogP contribution in [0.5, 0.6) is 0 Å². The summed E-state index contributed by atoms with van der Waals surface area (Å²) in [6, 6.07) is 5.56. The van der Waals surface area contributed by atoms with Gasteiger partial charge >= 0.3 is 0 Å². The van der Waals surface area contributed by atoms with Gasteiger partial charge in [-0.25, -0.2) is 0 Å². The van der Waals surface area contributed by atoms with Crippen LogP contribution in [-0.2, 0) is 0 Å². The van der Waals surface area contributed by atoms with Crippen molar-refractivity contribution in [3.63, 3.8) is 0 Å². The molecule has 0 fully saturated rings. The average Bonchev–Trinajstić information content (AvgIpc) is 3.79. The fourth-order valence-electron chi connectivity index (χ4n) is 4.85. The highest BCUT2D eigenvalue weighted by Crippen LogP contribution is 2.30. The molecule has 0 radical (unpaired) electrons. The number of aromatic nitrogens is 3. The Balaban J connectivity index is 0.00000325. The van der Waals surface area contributed by atoms with E-state index in [4.69, 9.17) is 15.6 Å². The van der Waals surface area contributed by atoms with E-state index in [1.54, 1.807) is 20.8 Å². The molecule has 0 bridgehead atoms. The lowest BCUT2D eigenvalue weighted by molar-refractivity contribution is -0.383. The first-order valence-electron chi connectivity index (χ1n) is 14.1. The van der Waals surface area contributed by atoms with Gasteiger partial charge in [-0.2, -0.15) is 0 Å². The van der Waals surface area contributed by atoms with Crippen LogP contribution < -0.4 is 27.0 Å². The average molecular weight is 716 g/mol. The lowest BCUT2D eigenvalue weighted by Crippen LogP contribution is -2.28. The number of anilines is 3. The molecule has 0 spiro atoms. The highest BCUT2D eigenvalue weighted by molar-refractivity contribution is 6.11. The summed E-state index contributed by atoms with van der Waals surface area (Å²) in [6.45, 7) is 5.12. The molecule has 19 heteroatoms. The van der Waals surface area contributed by atoms with Gasteiger partial charge in [-0.15, -0.1) is 24.8 Å². The topological polar surface area (TPSA) is 270 Å². The standard InChI is InChI=1S/C30H30N10O7.2ClH/c1-13-18(11-34-24(13)28(42)33-8-7-23(31)32)38-30(44)26-15(3)19(12-36-26)39-29(43)25-14(2)17(10-35-25)37-27(41)22-9-16-20(40(45)46)5-4-6-21(16)47-22;;/h4-6,9-12,34-36H,7-8H2,1-3H3,(H3,31,32)(H,33,42)(H,37,41)(H,38,44)(H,39,43);2*1H. The number of halogens is 2. The van der Waals surface area contributed by atoms with E-state index in [2.05, 4.69) is 36.2 Å².